The minimum atomic E-state index is -0.585. The quantitative estimate of drug-likeness (QED) is 0.751. The molecule has 6 heteroatoms. The van der Waals surface area contributed by atoms with Crippen molar-refractivity contribution in [2.24, 2.45) is 5.73 Å². The van der Waals surface area contributed by atoms with Gasteiger partial charge in [0, 0.05) is 6.20 Å². The van der Waals surface area contributed by atoms with E-state index in [9.17, 15) is 9.59 Å². The van der Waals surface area contributed by atoms with Crippen LogP contribution in [-0.4, -0.2) is 23.3 Å². The normalized spacial score (nSPS) is 9.50. The van der Waals surface area contributed by atoms with Crippen molar-refractivity contribution >= 4 is 27.7 Å². The van der Waals surface area contributed by atoms with Gasteiger partial charge in [0.2, 0.25) is 5.91 Å². The number of nitrogens with one attached hydrogen (secondary N) is 1. The maximum absolute atomic E-state index is 11.4. The number of carbonyl (C=O) groups excluding carboxylic acids is 2. The zero-order valence-electron chi connectivity index (χ0n) is 7.16. The van der Waals surface area contributed by atoms with Crippen LogP contribution in [0.15, 0.2) is 22.9 Å². The maximum atomic E-state index is 11.4. The summed E-state index contributed by atoms with van der Waals surface area (Å²) in [6.07, 6.45) is 1.55. The summed E-state index contributed by atoms with van der Waals surface area (Å²) < 4.78 is 0.432. The lowest BCUT2D eigenvalue weighted by molar-refractivity contribution is -0.117. The third-order valence-electron chi connectivity index (χ3n) is 1.43. The number of carbonyl (C=O) groups is 2. The molecule has 1 aromatic rings. The predicted molar refractivity (Wildman–Crippen MR) is 53.5 cm³/mol. The average molecular weight is 258 g/mol. The highest BCUT2D eigenvalue weighted by Gasteiger charge is 2.09. The molecule has 5 nitrogen and oxygen atoms in total. The summed E-state index contributed by atoms with van der Waals surface area (Å²) in [6.45, 7) is -0.180. The summed E-state index contributed by atoms with van der Waals surface area (Å²) >= 11 is 3.12. The number of aromatic nitrogens is 1. The third kappa shape index (κ3) is 2.81. The molecule has 1 heterocycles. The van der Waals surface area contributed by atoms with Gasteiger partial charge >= 0.3 is 0 Å². The lowest BCUT2D eigenvalue weighted by Gasteiger charge is -2.03. The van der Waals surface area contributed by atoms with Gasteiger partial charge in [0.05, 0.1) is 12.1 Å². The van der Waals surface area contributed by atoms with Crippen LogP contribution < -0.4 is 11.1 Å². The standard InChI is InChI=1S/C8H8BrN3O2/c9-7-5(2-1-3-11-7)8(14)12-4-6(10)13/h1-3H,4H2,(H2,10,13)(H,12,14). The summed E-state index contributed by atoms with van der Waals surface area (Å²) in [5.74, 6) is -0.970. The van der Waals surface area contributed by atoms with Crippen molar-refractivity contribution in [3.63, 3.8) is 0 Å². The molecule has 0 unspecified atom stereocenters. The van der Waals surface area contributed by atoms with Crippen molar-refractivity contribution in [2.75, 3.05) is 6.54 Å². The van der Waals surface area contributed by atoms with Crippen LogP contribution in [0.25, 0.3) is 0 Å². The van der Waals surface area contributed by atoms with Crippen molar-refractivity contribution in [1.82, 2.24) is 10.3 Å². The zero-order chi connectivity index (χ0) is 10.6. The molecule has 74 valence electrons. The van der Waals surface area contributed by atoms with Gasteiger partial charge in [0.15, 0.2) is 0 Å². The molecule has 0 saturated carbocycles. The molecule has 0 fully saturated rings. The Balaban J connectivity index is 2.70. The lowest BCUT2D eigenvalue weighted by atomic mass is 10.3. The first kappa shape index (κ1) is 10.6. The van der Waals surface area contributed by atoms with Crippen molar-refractivity contribution in [2.45, 2.75) is 0 Å². The molecule has 0 bridgehead atoms. The van der Waals surface area contributed by atoms with E-state index in [1.165, 1.54) is 0 Å². The number of hydrogen-bond acceptors (Lipinski definition) is 3. The Hall–Kier alpha value is -1.43. The van der Waals surface area contributed by atoms with Gasteiger partial charge in [-0.15, -0.1) is 0 Å². The van der Waals surface area contributed by atoms with Crippen molar-refractivity contribution < 1.29 is 9.59 Å². The van der Waals surface area contributed by atoms with E-state index in [0.717, 1.165) is 0 Å². The molecule has 1 aromatic heterocycles. The van der Waals surface area contributed by atoms with E-state index < -0.39 is 5.91 Å². The Bertz CT molecular complexity index is 367. The number of halogens is 1. The molecule has 0 spiro atoms. The molecule has 0 aliphatic rings. The summed E-state index contributed by atoms with van der Waals surface area (Å²) in [4.78, 5) is 25.6. The Morgan fingerprint density at radius 2 is 2.29 bits per heavy atom. The Kier molecular flexibility index (Phi) is 3.58. The molecule has 3 N–H and O–H groups in total. The van der Waals surface area contributed by atoms with Gasteiger partial charge in [0.1, 0.15) is 4.60 Å². The Morgan fingerprint density at radius 1 is 1.57 bits per heavy atom. The van der Waals surface area contributed by atoms with E-state index in [1.807, 2.05) is 0 Å². The minimum Gasteiger partial charge on any atom is -0.368 e. The zero-order valence-corrected chi connectivity index (χ0v) is 8.74. The fourth-order valence-electron chi connectivity index (χ4n) is 0.818. The van der Waals surface area contributed by atoms with Crippen LogP contribution in [0.5, 0.6) is 0 Å². The Labute approximate surface area is 88.8 Å². The van der Waals surface area contributed by atoms with E-state index in [2.05, 4.69) is 26.2 Å². The maximum Gasteiger partial charge on any atom is 0.254 e. The SMILES string of the molecule is NC(=O)CNC(=O)c1cccnc1Br. The average Bonchev–Trinajstić information content (AvgIpc) is 2.15. The van der Waals surface area contributed by atoms with Crippen LogP contribution in [0.1, 0.15) is 10.4 Å². The fourth-order valence-corrected chi connectivity index (χ4v) is 1.25. The molecular weight excluding hydrogens is 250 g/mol. The molecule has 0 aliphatic carbocycles. The highest BCUT2D eigenvalue weighted by molar-refractivity contribution is 9.10. The summed E-state index contributed by atoms with van der Waals surface area (Å²) in [5, 5.41) is 2.36. The Morgan fingerprint density at radius 3 is 2.86 bits per heavy atom. The molecular formula is C8H8BrN3O2. The van der Waals surface area contributed by atoms with Gasteiger partial charge in [-0.3, -0.25) is 9.59 Å². The van der Waals surface area contributed by atoms with Crippen LogP contribution in [-0.2, 0) is 4.79 Å². The smallest absolute Gasteiger partial charge is 0.254 e. The number of amides is 2. The molecule has 0 saturated heterocycles. The first-order valence-corrected chi connectivity index (χ1v) is 4.57. The summed E-state index contributed by atoms with van der Waals surface area (Å²) in [6, 6.07) is 3.22. The molecule has 0 aromatic carbocycles. The largest absolute Gasteiger partial charge is 0.368 e. The predicted octanol–water partition coefficient (Wildman–Crippen LogP) is 0.0592. The van der Waals surface area contributed by atoms with E-state index in [4.69, 9.17) is 5.73 Å². The molecule has 0 atom stereocenters. The molecule has 2 amide bonds. The number of pyridine rings is 1. The first-order chi connectivity index (χ1) is 6.61. The number of primary amides is 1. The molecule has 0 aliphatic heterocycles. The minimum absolute atomic E-state index is 0.180. The van der Waals surface area contributed by atoms with Crippen molar-refractivity contribution in [3.05, 3.63) is 28.5 Å². The van der Waals surface area contributed by atoms with Gasteiger partial charge in [-0.2, -0.15) is 0 Å². The number of nitrogens with zero attached hydrogens (tertiary/aromatic N) is 1. The van der Waals surface area contributed by atoms with Gasteiger partial charge in [0.25, 0.3) is 5.91 Å². The monoisotopic (exact) mass is 257 g/mol. The van der Waals surface area contributed by atoms with Gasteiger partial charge in [-0.1, -0.05) is 0 Å². The van der Waals surface area contributed by atoms with E-state index in [1.54, 1.807) is 18.3 Å². The van der Waals surface area contributed by atoms with E-state index >= 15 is 0 Å². The van der Waals surface area contributed by atoms with Crippen molar-refractivity contribution in [1.29, 1.82) is 0 Å². The molecule has 14 heavy (non-hydrogen) atoms. The molecule has 1 rings (SSSR count). The van der Waals surface area contributed by atoms with Gasteiger partial charge < -0.3 is 11.1 Å². The fraction of sp³-hybridized carbons (Fsp3) is 0.125. The highest BCUT2D eigenvalue weighted by atomic mass is 79.9. The molecule has 0 radical (unpaired) electrons. The topological polar surface area (TPSA) is 85.1 Å². The van der Waals surface area contributed by atoms with Crippen LogP contribution >= 0.6 is 15.9 Å². The van der Waals surface area contributed by atoms with Gasteiger partial charge in [-0.25, -0.2) is 4.98 Å². The summed E-state index contributed by atoms with van der Waals surface area (Å²) in [7, 11) is 0. The van der Waals surface area contributed by atoms with Crippen molar-refractivity contribution in [3.8, 4) is 0 Å². The second-order valence-corrected chi connectivity index (χ2v) is 3.24. The van der Waals surface area contributed by atoms with Crippen LogP contribution in [0.4, 0.5) is 0 Å². The second kappa shape index (κ2) is 4.71. The number of rotatable bonds is 3. The second-order valence-electron chi connectivity index (χ2n) is 2.49. The highest BCUT2D eigenvalue weighted by Crippen LogP contribution is 2.11. The van der Waals surface area contributed by atoms with Crippen LogP contribution in [0.2, 0.25) is 0 Å². The number of hydrogen-bond donors (Lipinski definition) is 2. The van der Waals surface area contributed by atoms with E-state index in [-0.39, 0.29) is 12.5 Å². The van der Waals surface area contributed by atoms with Crippen LogP contribution in [0.3, 0.4) is 0 Å². The van der Waals surface area contributed by atoms with E-state index in [0.29, 0.717) is 10.2 Å². The first-order valence-electron chi connectivity index (χ1n) is 3.78. The summed E-state index contributed by atoms with van der Waals surface area (Å²) in [5.41, 5.74) is 5.25. The lowest BCUT2D eigenvalue weighted by Crippen LogP contribution is -2.33. The third-order valence-corrected chi connectivity index (χ3v) is 2.06. The van der Waals surface area contributed by atoms with Crippen LogP contribution in [0, 0.1) is 0 Å². The number of nitrogens with two attached hydrogens (primary N) is 1. The van der Waals surface area contributed by atoms with Gasteiger partial charge in [-0.05, 0) is 28.1 Å².